The van der Waals surface area contributed by atoms with E-state index in [9.17, 15) is 14.4 Å². The normalized spacial score (nSPS) is 11.2. The van der Waals surface area contributed by atoms with Gasteiger partial charge in [-0.2, -0.15) is 0 Å². The first-order chi connectivity index (χ1) is 14.6. The van der Waals surface area contributed by atoms with Crippen LogP contribution in [-0.4, -0.2) is 29.5 Å². The van der Waals surface area contributed by atoms with Crippen LogP contribution in [-0.2, 0) is 27.5 Å². The van der Waals surface area contributed by atoms with Gasteiger partial charge in [0.1, 0.15) is 25.5 Å². The van der Waals surface area contributed by atoms with Gasteiger partial charge in [0.05, 0.1) is 0 Å². The summed E-state index contributed by atoms with van der Waals surface area (Å²) in [7, 11) is 0. The van der Waals surface area contributed by atoms with E-state index in [4.69, 9.17) is 9.47 Å². The molecule has 7 heteroatoms. The van der Waals surface area contributed by atoms with Crippen molar-refractivity contribution in [3.05, 3.63) is 71.8 Å². The van der Waals surface area contributed by atoms with Gasteiger partial charge in [0.2, 0.25) is 0 Å². The van der Waals surface area contributed by atoms with Crippen LogP contribution in [0.2, 0.25) is 0 Å². The van der Waals surface area contributed by atoms with E-state index in [1.807, 2.05) is 67.6 Å². The SMILES string of the molecule is CCCCCC(C=O)N(NC(=O)OCc1ccccc1)C(=O)OCc1ccccc1. The Balaban J connectivity index is 2.00. The Kier molecular flexibility index (Phi) is 9.92. The number of unbranched alkanes of at least 4 members (excludes halogenated alkanes) is 2. The highest BCUT2D eigenvalue weighted by Gasteiger charge is 2.27. The maximum Gasteiger partial charge on any atom is 0.429 e. The fourth-order valence-corrected chi connectivity index (χ4v) is 2.77. The number of benzene rings is 2. The average Bonchev–Trinajstić information content (AvgIpc) is 2.79. The first kappa shape index (κ1) is 22.9. The van der Waals surface area contributed by atoms with Crippen molar-refractivity contribution in [2.45, 2.75) is 51.9 Å². The summed E-state index contributed by atoms with van der Waals surface area (Å²) in [6.45, 7) is 2.11. The molecule has 1 unspecified atom stereocenters. The number of carbonyl (C=O) groups excluding carboxylic acids is 3. The Morgan fingerprint density at radius 2 is 1.50 bits per heavy atom. The van der Waals surface area contributed by atoms with Crippen LogP contribution in [0.15, 0.2) is 60.7 Å². The predicted octanol–water partition coefficient (Wildman–Crippen LogP) is 4.61. The number of nitrogens with zero attached hydrogens (tertiary/aromatic N) is 1. The van der Waals surface area contributed by atoms with E-state index in [0.29, 0.717) is 12.7 Å². The van der Waals surface area contributed by atoms with Crippen molar-refractivity contribution in [1.29, 1.82) is 0 Å². The highest BCUT2D eigenvalue weighted by atomic mass is 16.6. The average molecular weight is 412 g/mol. The quantitative estimate of drug-likeness (QED) is 0.350. The van der Waals surface area contributed by atoms with Crippen molar-refractivity contribution >= 4 is 18.5 Å². The predicted molar refractivity (Wildman–Crippen MR) is 112 cm³/mol. The summed E-state index contributed by atoms with van der Waals surface area (Å²) >= 11 is 0. The molecule has 0 saturated carbocycles. The molecule has 0 aliphatic carbocycles. The zero-order chi connectivity index (χ0) is 21.6. The first-order valence-electron chi connectivity index (χ1n) is 10.1. The van der Waals surface area contributed by atoms with Gasteiger partial charge >= 0.3 is 12.2 Å². The molecule has 0 bridgehead atoms. The van der Waals surface area contributed by atoms with Crippen molar-refractivity contribution in [2.24, 2.45) is 0 Å². The molecule has 0 aliphatic rings. The third kappa shape index (κ3) is 7.95. The molecule has 0 spiro atoms. The maximum atomic E-state index is 12.6. The van der Waals surface area contributed by atoms with Gasteiger partial charge < -0.3 is 14.3 Å². The van der Waals surface area contributed by atoms with E-state index >= 15 is 0 Å². The second-order valence-electron chi connectivity index (χ2n) is 6.78. The summed E-state index contributed by atoms with van der Waals surface area (Å²) in [4.78, 5) is 36.5. The van der Waals surface area contributed by atoms with Gasteiger partial charge in [-0.25, -0.2) is 20.0 Å². The molecule has 2 aromatic carbocycles. The van der Waals surface area contributed by atoms with Crippen molar-refractivity contribution < 1.29 is 23.9 Å². The van der Waals surface area contributed by atoms with Crippen LogP contribution < -0.4 is 5.43 Å². The largest absolute Gasteiger partial charge is 0.443 e. The Bertz CT molecular complexity index is 783. The van der Waals surface area contributed by atoms with Crippen LogP contribution in [0.25, 0.3) is 0 Å². The van der Waals surface area contributed by atoms with Crippen molar-refractivity contribution in [1.82, 2.24) is 10.4 Å². The van der Waals surface area contributed by atoms with Crippen LogP contribution in [0.5, 0.6) is 0 Å². The zero-order valence-corrected chi connectivity index (χ0v) is 17.2. The van der Waals surface area contributed by atoms with E-state index < -0.39 is 18.2 Å². The molecule has 7 nitrogen and oxygen atoms in total. The van der Waals surface area contributed by atoms with Gasteiger partial charge in [-0.05, 0) is 17.5 Å². The fourth-order valence-electron chi connectivity index (χ4n) is 2.77. The number of carbonyl (C=O) groups is 3. The second-order valence-corrected chi connectivity index (χ2v) is 6.78. The van der Waals surface area contributed by atoms with Gasteiger partial charge in [0.25, 0.3) is 0 Å². The van der Waals surface area contributed by atoms with E-state index in [1.54, 1.807) is 0 Å². The van der Waals surface area contributed by atoms with Gasteiger partial charge in [-0.15, -0.1) is 0 Å². The molecular weight excluding hydrogens is 384 g/mol. The van der Waals surface area contributed by atoms with Gasteiger partial charge in [0, 0.05) is 0 Å². The second kappa shape index (κ2) is 13.0. The third-order valence-electron chi connectivity index (χ3n) is 4.42. The van der Waals surface area contributed by atoms with E-state index in [1.165, 1.54) is 0 Å². The Morgan fingerprint density at radius 3 is 2.03 bits per heavy atom. The number of ether oxygens (including phenoxy) is 2. The lowest BCUT2D eigenvalue weighted by atomic mass is 10.1. The monoisotopic (exact) mass is 412 g/mol. The smallest absolute Gasteiger partial charge is 0.429 e. The highest BCUT2D eigenvalue weighted by Crippen LogP contribution is 2.11. The van der Waals surface area contributed by atoms with Crippen molar-refractivity contribution in [3.8, 4) is 0 Å². The van der Waals surface area contributed by atoms with E-state index in [2.05, 4.69) is 5.43 Å². The van der Waals surface area contributed by atoms with Crippen LogP contribution >= 0.6 is 0 Å². The molecule has 2 aromatic rings. The molecule has 0 saturated heterocycles. The van der Waals surface area contributed by atoms with E-state index in [0.717, 1.165) is 35.4 Å². The number of amides is 2. The number of aldehydes is 1. The summed E-state index contributed by atoms with van der Waals surface area (Å²) in [5.74, 6) is 0. The van der Waals surface area contributed by atoms with Crippen LogP contribution in [0.1, 0.15) is 43.7 Å². The minimum Gasteiger partial charge on any atom is -0.443 e. The molecule has 30 heavy (non-hydrogen) atoms. The zero-order valence-electron chi connectivity index (χ0n) is 17.2. The molecule has 2 rings (SSSR count). The summed E-state index contributed by atoms with van der Waals surface area (Å²) in [5.41, 5.74) is 3.97. The van der Waals surface area contributed by atoms with Crippen LogP contribution in [0.3, 0.4) is 0 Å². The fraction of sp³-hybridized carbons (Fsp3) is 0.348. The molecule has 2 amide bonds. The Morgan fingerprint density at radius 1 is 0.933 bits per heavy atom. The molecule has 160 valence electrons. The standard InChI is InChI=1S/C23H28N2O5/c1-2-3-6-15-21(16-26)25(23(28)30-18-20-13-9-5-10-14-20)24-22(27)29-17-19-11-7-4-8-12-19/h4-5,7-14,16,21H,2-3,6,15,17-18H2,1H3,(H,24,27). The Labute approximate surface area is 176 Å². The summed E-state index contributed by atoms with van der Waals surface area (Å²) in [6.07, 6.45) is 2.02. The number of hydrazine groups is 1. The van der Waals surface area contributed by atoms with Gasteiger partial charge in [-0.3, -0.25) is 0 Å². The van der Waals surface area contributed by atoms with Gasteiger partial charge in [-0.1, -0.05) is 86.8 Å². The highest BCUT2D eigenvalue weighted by molar-refractivity contribution is 5.77. The molecular formula is C23H28N2O5. The number of nitrogens with one attached hydrogen (secondary N) is 1. The maximum absolute atomic E-state index is 12.6. The Hall–Kier alpha value is -3.35. The molecule has 0 radical (unpaired) electrons. The number of hydrogen-bond acceptors (Lipinski definition) is 5. The van der Waals surface area contributed by atoms with E-state index in [-0.39, 0.29) is 13.2 Å². The molecule has 0 aromatic heterocycles. The van der Waals surface area contributed by atoms with Gasteiger partial charge in [0.15, 0.2) is 0 Å². The molecule has 1 atom stereocenters. The number of hydrogen-bond donors (Lipinski definition) is 1. The lowest BCUT2D eigenvalue weighted by Gasteiger charge is -2.27. The number of rotatable bonds is 10. The topological polar surface area (TPSA) is 84.9 Å². The first-order valence-corrected chi connectivity index (χ1v) is 10.1. The van der Waals surface area contributed by atoms with Crippen LogP contribution in [0.4, 0.5) is 9.59 Å². The van der Waals surface area contributed by atoms with Crippen molar-refractivity contribution in [2.75, 3.05) is 0 Å². The lowest BCUT2D eigenvalue weighted by Crippen LogP contribution is -2.53. The molecule has 0 aliphatic heterocycles. The summed E-state index contributed by atoms with van der Waals surface area (Å²) in [6, 6.07) is 17.5. The minimum atomic E-state index is -0.843. The third-order valence-corrected chi connectivity index (χ3v) is 4.42. The molecule has 1 N–H and O–H groups in total. The molecule has 0 heterocycles. The lowest BCUT2D eigenvalue weighted by molar-refractivity contribution is -0.113. The summed E-state index contributed by atoms with van der Waals surface area (Å²) in [5, 5.41) is 0.916. The van der Waals surface area contributed by atoms with Crippen LogP contribution in [0, 0.1) is 0 Å². The minimum absolute atomic E-state index is 0.0253. The summed E-state index contributed by atoms with van der Waals surface area (Å²) < 4.78 is 10.5. The molecule has 0 fully saturated rings. The van der Waals surface area contributed by atoms with Crippen molar-refractivity contribution in [3.63, 3.8) is 0 Å².